The second-order valence-electron chi connectivity index (χ2n) is 3.73. The van der Waals surface area contributed by atoms with Crippen molar-refractivity contribution in [2.45, 2.75) is 58.8 Å². The second-order valence-corrected chi connectivity index (χ2v) is 3.73. The van der Waals surface area contributed by atoms with Gasteiger partial charge in [-0.1, -0.05) is 65.0 Å². The van der Waals surface area contributed by atoms with Gasteiger partial charge in [0.25, 0.3) is 0 Å². The number of allylic oxidation sites excluding steroid dienone is 1. The van der Waals surface area contributed by atoms with E-state index in [1.165, 1.54) is 44.9 Å². The van der Waals surface area contributed by atoms with E-state index in [0.717, 1.165) is 0 Å². The summed E-state index contributed by atoms with van der Waals surface area (Å²) >= 11 is 0. The molecule has 12 heavy (non-hydrogen) atoms. The first-order valence-corrected chi connectivity index (χ1v) is 5.36. The van der Waals surface area contributed by atoms with E-state index in [1.807, 2.05) is 6.08 Å². The van der Waals surface area contributed by atoms with Gasteiger partial charge in [0.1, 0.15) is 0 Å². The maximum Gasteiger partial charge on any atom is -0.0259 e. The number of unbranched alkanes of at least 4 members (excludes halogenated alkanes) is 5. The van der Waals surface area contributed by atoms with Crippen molar-refractivity contribution >= 4 is 0 Å². The molecule has 0 fully saturated rings. The van der Waals surface area contributed by atoms with Crippen LogP contribution in [0.2, 0.25) is 0 Å². The Balaban J connectivity index is 2.95. The lowest BCUT2D eigenvalue weighted by Gasteiger charge is -2.04. The molecule has 0 aromatic carbocycles. The first kappa shape index (κ1) is 11.7. The largest absolute Gasteiger partial charge is 0.0817 e. The van der Waals surface area contributed by atoms with Gasteiger partial charge in [0.2, 0.25) is 0 Å². The summed E-state index contributed by atoms with van der Waals surface area (Å²) in [5.41, 5.74) is 0. The minimum atomic E-state index is 0.608. The summed E-state index contributed by atoms with van der Waals surface area (Å²) in [6, 6.07) is 0. The lowest BCUT2D eigenvalue weighted by molar-refractivity contribution is 0.543. The van der Waals surface area contributed by atoms with Crippen LogP contribution in [0.1, 0.15) is 58.8 Å². The summed E-state index contributed by atoms with van der Waals surface area (Å²) in [5, 5.41) is 0. The number of rotatable bonds is 8. The zero-order chi connectivity index (χ0) is 9.23. The smallest absolute Gasteiger partial charge is 0.0259 e. The molecule has 0 bridgehead atoms. The van der Waals surface area contributed by atoms with Crippen LogP contribution in [-0.2, 0) is 0 Å². The molecule has 0 heterocycles. The molecule has 0 aromatic heterocycles. The molecular formula is C12H23. The van der Waals surface area contributed by atoms with Gasteiger partial charge in [-0.05, 0) is 12.3 Å². The van der Waals surface area contributed by atoms with Crippen molar-refractivity contribution in [2.75, 3.05) is 0 Å². The molecule has 0 aromatic rings. The first-order valence-electron chi connectivity index (χ1n) is 5.36. The summed E-state index contributed by atoms with van der Waals surface area (Å²) in [6.07, 6.45) is 11.4. The summed E-state index contributed by atoms with van der Waals surface area (Å²) in [4.78, 5) is 0. The Morgan fingerprint density at radius 3 is 2.25 bits per heavy atom. The molecule has 0 heteroatoms. The van der Waals surface area contributed by atoms with Crippen molar-refractivity contribution in [1.29, 1.82) is 0 Å². The van der Waals surface area contributed by atoms with Gasteiger partial charge in [-0.25, -0.2) is 0 Å². The van der Waals surface area contributed by atoms with Gasteiger partial charge in [-0.15, -0.1) is 0 Å². The van der Waals surface area contributed by atoms with Gasteiger partial charge in [-0.2, -0.15) is 0 Å². The molecule has 0 spiro atoms. The summed E-state index contributed by atoms with van der Waals surface area (Å²) in [6.45, 7) is 9.85. The van der Waals surface area contributed by atoms with Crippen LogP contribution < -0.4 is 0 Å². The number of hydrogen-bond donors (Lipinski definition) is 0. The third-order valence-corrected chi connectivity index (χ3v) is 2.34. The van der Waals surface area contributed by atoms with Crippen molar-refractivity contribution < 1.29 is 0 Å². The zero-order valence-electron chi connectivity index (χ0n) is 8.68. The fourth-order valence-electron chi connectivity index (χ4n) is 1.34. The monoisotopic (exact) mass is 167 g/mol. The molecule has 1 unspecified atom stereocenters. The molecule has 0 aliphatic carbocycles. The van der Waals surface area contributed by atoms with E-state index in [4.69, 9.17) is 6.58 Å². The van der Waals surface area contributed by atoms with Crippen molar-refractivity contribution in [1.82, 2.24) is 0 Å². The van der Waals surface area contributed by atoms with E-state index in [0.29, 0.717) is 5.92 Å². The number of hydrogen-bond acceptors (Lipinski definition) is 0. The third-order valence-electron chi connectivity index (χ3n) is 2.34. The zero-order valence-corrected chi connectivity index (χ0v) is 8.68. The Hall–Kier alpha value is -0.260. The van der Waals surface area contributed by atoms with E-state index in [-0.39, 0.29) is 0 Å². The van der Waals surface area contributed by atoms with Crippen LogP contribution in [0, 0.1) is 12.5 Å². The minimum Gasteiger partial charge on any atom is -0.0817 e. The third kappa shape index (κ3) is 7.84. The van der Waals surface area contributed by atoms with Gasteiger partial charge in [-0.3, -0.25) is 0 Å². The van der Waals surface area contributed by atoms with Gasteiger partial charge >= 0.3 is 0 Å². The highest BCUT2D eigenvalue weighted by atomic mass is 14.0. The average Bonchev–Trinajstić information content (AvgIpc) is 2.10. The Bertz CT molecular complexity index is 94.2. The van der Waals surface area contributed by atoms with Crippen LogP contribution in [-0.4, -0.2) is 0 Å². The molecule has 71 valence electrons. The average molecular weight is 167 g/mol. The molecule has 0 rings (SSSR count). The van der Waals surface area contributed by atoms with Crippen LogP contribution >= 0.6 is 0 Å². The van der Waals surface area contributed by atoms with E-state index < -0.39 is 0 Å². The van der Waals surface area contributed by atoms with Crippen molar-refractivity contribution in [3.05, 3.63) is 12.7 Å². The predicted molar refractivity (Wildman–Crippen MR) is 56.0 cm³/mol. The van der Waals surface area contributed by atoms with Gasteiger partial charge in [0.15, 0.2) is 0 Å². The maximum atomic E-state index is 5.41. The fraction of sp³-hybridized carbons (Fsp3) is 0.833. The Morgan fingerprint density at radius 1 is 1.08 bits per heavy atom. The SMILES string of the molecule is [CH]=CC(C)CCCCCCCC. The predicted octanol–water partition coefficient (Wildman–Crippen LogP) is 4.36. The van der Waals surface area contributed by atoms with Gasteiger partial charge < -0.3 is 0 Å². The van der Waals surface area contributed by atoms with Crippen molar-refractivity contribution in [3.63, 3.8) is 0 Å². The standard InChI is InChI=1S/C12H23/c1-4-6-7-8-9-10-11-12(3)5-2/h2,5,12H,4,6-11H2,1,3H3. The second kappa shape index (κ2) is 8.83. The topological polar surface area (TPSA) is 0 Å². The summed E-state index contributed by atoms with van der Waals surface area (Å²) in [7, 11) is 0. The highest BCUT2D eigenvalue weighted by molar-refractivity contribution is 4.71. The fourth-order valence-corrected chi connectivity index (χ4v) is 1.34. The van der Waals surface area contributed by atoms with E-state index in [9.17, 15) is 0 Å². The van der Waals surface area contributed by atoms with Crippen LogP contribution in [0.5, 0.6) is 0 Å². The molecule has 0 amide bonds. The van der Waals surface area contributed by atoms with Crippen LogP contribution in [0.15, 0.2) is 6.08 Å². The molecular weight excluding hydrogens is 144 g/mol. The van der Waals surface area contributed by atoms with E-state index >= 15 is 0 Å². The molecule has 0 saturated carbocycles. The molecule has 0 nitrogen and oxygen atoms in total. The van der Waals surface area contributed by atoms with Crippen LogP contribution in [0.3, 0.4) is 0 Å². The lowest BCUT2D eigenvalue weighted by atomic mass is 10.0. The lowest BCUT2D eigenvalue weighted by Crippen LogP contribution is -1.88. The molecule has 1 radical (unpaired) electrons. The molecule has 1 atom stereocenters. The van der Waals surface area contributed by atoms with E-state index in [2.05, 4.69) is 13.8 Å². The Kier molecular flexibility index (Phi) is 8.64. The highest BCUT2D eigenvalue weighted by Crippen LogP contribution is 2.11. The first-order chi connectivity index (χ1) is 5.81. The molecule has 0 saturated heterocycles. The van der Waals surface area contributed by atoms with Crippen LogP contribution in [0.25, 0.3) is 0 Å². The quantitative estimate of drug-likeness (QED) is 0.471. The highest BCUT2D eigenvalue weighted by Gasteiger charge is 1.95. The molecule has 0 aliphatic heterocycles. The van der Waals surface area contributed by atoms with Gasteiger partial charge in [0.05, 0.1) is 0 Å². The minimum absolute atomic E-state index is 0.608. The Morgan fingerprint density at radius 2 is 1.67 bits per heavy atom. The molecule has 0 aliphatic rings. The van der Waals surface area contributed by atoms with Gasteiger partial charge in [0, 0.05) is 0 Å². The Labute approximate surface area is 78.1 Å². The summed E-state index contributed by atoms with van der Waals surface area (Å²) in [5.74, 6) is 0.608. The van der Waals surface area contributed by atoms with Crippen LogP contribution in [0.4, 0.5) is 0 Å². The van der Waals surface area contributed by atoms with Crippen molar-refractivity contribution in [2.24, 2.45) is 5.92 Å². The normalized spacial score (nSPS) is 12.8. The van der Waals surface area contributed by atoms with Crippen molar-refractivity contribution in [3.8, 4) is 0 Å². The molecule has 0 N–H and O–H groups in total. The maximum absolute atomic E-state index is 5.41. The summed E-state index contributed by atoms with van der Waals surface area (Å²) < 4.78 is 0. The van der Waals surface area contributed by atoms with E-state index in [1.54, 1.807) is 0 Å².